The largest absolute Gasteiger partial charge is 0.327 e. The SMILES string of the molecule is NC(CSc1ccccc1F)Cc1ccc(Br)cc1Cl. The Bertz CT molecular complexity index is 594. The third-order valence-corrected chi connectivity index (χ3v) is 4.87. The summed E-state index contributed by atoms with van der Waals surface area (Å²) < 4.78 is 14.4. The van der Waals surface area contributed by atoms with Crippen LogP contribution in [0.5, 0.6) is 0 Å². The van der Waals surface area contributed by atoms with E-state index in [4.69, 9.17) is 17.3 Å². The zero-order valence-corrected chi connectivity index (χ0v) is 13.8. The van der Waals surface area contributed by atoms with Crippen molar-refractivity contribution >= 4 is 39.3 Å². The highest BCUT2D eigenvalue weighted by Crippen LogP contribution is 2.25. The Labute approximate surface area is 135 Å². The molecule has 0 saturated heterocycles. The Hall–Kier alpha value is -0.550. The van der Waals surface area contributed by atoms with Crippen molar-refractivity contribution in [2.75, 3.05) is 5.75 Å². The smallest absolute Gasteiger partial charge is 0.136 e. The minimum Gasteiger partial charge on any atom is -0.327 e. The number of hydrogen-bond acceptors (Lipinski definition) is 2. The molecule has 0 aromatic heterocycles. The molecule has 0 aliphatic carbocycles. The Morgan fingerprint density at radius 3 is 2.70 bits per heavy atom. The third-order valence-electron chi connectivity index (χ3n) is 2.79. The number of nitrogens with two attached hydrogens (primary N) is 1. The van der Waals surface area contributed by atoms with E-state index < -0.39 is 0 Å². The zero-order chi connectivity index (χ0) is 14.5. The van der Waals surface area contributed by atoms with Gasteiger partial charge in [0.2, 0.25) is 0 Å². The van der Waals surface area contributed by atoms with Crippen LogP contribution in [0.15, 0.2) is 51.8 Å². The van der Waals surface area contributed by atoms with Gasteiger partial charge in [0, 0.05) is 26.2 Å². The molecule has 0 fully saturated rings. The fourth-order valence-electron chi connectivity index (χ4n) is 1.79. The van der Waals surface area contributed by atoms with Crippen LogP contribution in [0.4, 0.5) is 4.39 Å². The summed E-state index contributed by atoms with van der Waals surface area (Å²) in [7, 11) is 0. The molecule has 0 aliphatic heterocycles. The van der Waals surface area contributed by atoms with Crippen LogP contribution in [0.1, 0.15) is 5.56 Å². The molecule has 0 radical (unpaired) electrons. The maximum atomic E-state index is 13.5. The molecule has 1 nitrogen and oxygen atoms in total. The van der Waals surface area contributed by atoms with Crippen LogP contribution in [0.3, 0.4) is 0 Å². The predicted octanol–water partition coefficient (Wildman–Crippen LogP) is 4.90. The minimum atomic E-state index is -0.202. The molecule has 0 amide bonds. The monoisotopic (exact) mass is 373 g/mol. The summed E-state index contributed by atoms with van der Waals surface area (Å²) >= 11 is 11.0. The van der Waals surface area contributed by atoms with Crippen molar-refractivity contribution in [3.8, 4) is 0 Å². The Kier molecular flexibility index (Phi) is 5.90. The minimum absolute atomic E-state index is 0.0710. The number of thioether (sulfide) groups is 1. The van der Waals surface area contributed by atoms with Gasteiger partial charge in [-0.25, -0.2) is 4.39 Å². The van der Waals surface area contributed by atoms with Crippen LogP contribution in [0.25, 0.3) is 0 Å². The summed E-state index contributed by atoms with van der Waals surface area (Å²) in [5.74, 6) is 0.444. The first-order valence-electron chi connectivity index (χ1n) is 6.13. The predicted molar refractivity (Wildman–Crippen MR) is 88.0 cm³/mol. The van der Waals surface area contributed by atoms with Gasteiger partial charge in [0.05, 0.1) is 0 Å². The van der Waals surface area contributed by atoms with E-state index in [9.17, 15) is 4.39 Å². The highest BCUT2D eigenvalue weighted by Gasteiger charge is 2.10. The molecule has 2 N–H and O–H groups in total. The molecule has 5 heteroatoms. The van der Waals surface area contributed by atoms with Crippen LogP contribution in [-0.4, -0.2) is 11.8 Å². The van der Waals surface area contributed by atoms with E-state index in [2.05, 4.69) is 15.9 Å². The van der Waals surface area contributed by atoms with Crippen molar-refractivity contribution in [1.82, 2.24) is 0 Å². The highest BCUT2D eigenvalue weighted by atomic mass is 79.9. The van der Waals surface area contributed by atoms with Crippen LogP contribution in [0.2, 0.25) is 5.02 Å². The standard InChI is InChI=1S/C15H14BrClFNS/c16-11-6-5-10(13(17)8-11)7-12(19)9-20-15-4-2-1-3-14(15)18/h1-6,8,12H,7,9,19H2. The van der Waals surface area contributed by atoms with Crippen molar-refractivity contribution in [3.63, 3.8) is 0 Å². The third kappa shape index (κ3) is 4.48. The number of benzene rings is 2. The maximum absolute atomic E-state index is 13.5. The van der Waals surface area contributed by atoms with Gasteiger partial charge in [-0.15, -0.1) is 11.8 Å². The van der Waals surface area contributed by atoms with E-state index in [0.717, 1.165) is 10.0 Å². The summed E-state index contributed by atoms with van der Waals surface area (Å²) in [6, 6.07) is 12.4. The normalized spacial score (nSPS) is 12.4. The van der Waals surface area contributed by atoms with Gasteiger partial charge in [0.25, 0.3) is 0 Å². The molecule has 106 valence electrons. The Balaban J connectivity index is 1.92. The number of halogens is 3. The number of rotatable bonds is 5. The first-order valence-corrected chi connectivity index (χ1v) is 8.29. The van der Waals surface area contributed by atoms with E-state index in [1.54, 1.807) is 12.1 Å². The lowest BCUT2D eigenvalue weighted by molar-refractivity contribution is 0.601. The molecule has 20 heavy (non-hydrogen) atoms. The molecule has 0 aliphatic rings. The van der Waals surface area contributed by atoms with Crippen LogP contribution in [-0.2, 0) is 6.42 Å². The van der Waals surface area contributed by atoms with E-state index in [-0.39, 0.29) is 11.9 Å². The second-order valence-electron chi connectivity index (χ2n) is 4.44. The summed E-state index contributed by atoms with van der Waals surface area (Å²) in [6.07, 6.45) is 0.674. The van der Waals surface area contributed by atoms with Gasteiger partial charge in [-0.3, -0.25) is 0 Å². The van der Waals surface area contributed by atoms with Crippen molar-refractivity contribution in [2.24, 2.45) is 5.73 Å². The topological polar surface area (TPSA) is 26.0 Å². The molecule has 0 spiro atoms. The van der Waals surface area contributed by atoms with E-state index >= 15 is 0 Å². The van der Waals surface area contributed by atoms with E-state index in [1.165, 1.54) is 17.8 Å². The van der Waals surface area contributed by atoms with Crippen LogP contribution >= 0.6 is 39.3 Å². The fraction of sp³-hybridized carbons (Fsp3) is 0.200. The molecule has 2 aromatic carbocycles. The quantitative estimate of drug-likeness (QED) is 0.753. The Morgan fingerprint density at radius 1 is 1.25 bits per heavy atom. The summed E-state index contributed by atoms with van der Waals surface area (Å²) in [5, 5.41) is 0.700. The highest BCUT2D eigenvalue weighted by molar-refractivity contribution is 9.10. The van der Waals surface area contributed by atoms with Gasteiger partial charge in [-0.05, 0) is 36.2 Å². The van der Waals surface area contributed by atoms with Crippen molar-refractivity contribution < 1.29 is 4.39 Å². The molecule has 2 rings (SSSR count). The maximum Gasteiger partial charge on any atom is 0.136 e. The average molecular weight is 375 g/mol. The Morgan fingerprint density at radius 2 is 2.00 bits per heavy atom. The van der Waals surface area contributed by atoms with E-state index in [0.29, 0.717) is 22.1 Å². The molecule has 0 saturated carbocycles. The molecule has 0 heterocycles. The van der Waals surface area contributed by atoms with Gasteiger partial charge >= 0.3 is 0 Å². The fourth-order valence-corrected chi connectivity index (χ4v) is 3.43. The molecular formula is C15H14BrClFNS. The number of hydrogen-bond donors (Lipinski definition) is 1. The first-order chi connectivity index (χ1) is 9.56. The molecule has 1 atom stereocenters. The van der Waals surface area contributed by atoms with Crippen LogP contribution in [0, 0.1) is 5.82 Å². The second-order valence-corrected chi connectivity index (χ2v) is 6.83. The van der Waals surface area contributed by atoms with Gasteiger partial charge in [-0.1, -0.05) is 45.7 Å². The summed E-state index contributed by atoms with van der Waals surface area (Å²) in [5.41, 5.74) is 7.11. The second kappa shape index (κ2) is 7.46. The summed E-state index contributed by atoms with van der Waals surface area (Å²) in [6.45, 7) is 0. The van der Waals surface area contributed by atoms with Gasteiger partial charge in [0.1, 0.15) is 5.82 Å². The van der Waals surface area contributed by atoms with Crippen LogP contribution < -0.4 is 5.73 Å². The first kappa shape index (κ1) is 15.8. The molecule has 2 aromatic rings. The summed E-state index contributed by atoms with van der Waals surface area (Å²) in [4.78, 5) is 0.629. The van der Waals surface area contributed by atoms with Crippen molar-refractivity contribution in [2.45, 2.75) is 17.4 Å². The van der Waals surface area contributed by atoms with E-state index in [1.807, 2.05) is 24.3 Å². The van der Waals surface area contributed by atoms with Gasteiger partial charge in [-0.2, -0.15) is 0 Å². The molecule has 0 bridgehead atoms. The molecular weight excluding hydrogens is 361 g/mol. The zero-order valence-electron chi connectivity index (χ0n) is 10.7. The lowest BCUT2D eigenvalue weighted by Crippen LogP contribution is -2.25. The van der Waals surface area contributed by atoms with Gasteiger partial charge in [0.15, 0.2) is 0 Å². The van der Waals surface area contributed by atoms with Gasteiger partial charge < -0.3 is 5.73 Å². The lowest BCUT2D eigenvalue weighted by Gasteiger charge is -2.13. The average Bonchev–Trinajstić information content (AvgIpc) is 2.41. The molecule has 1 unspecified atom stereocenters. The lowest BCUT2D eigenvalue weighted by atomic mass is 10.1. The van der Waals surface area contributed by atoms with Crippen molar-refractivity contribution in [3.05, 3.63) is 63.3 Å². The van der Waals surface area contributed by atoms with Crippen molar-refractivity contribution in [1.29, 1.82) is 0 Å².